The maximum absolute atomic E-state index is 15.2. The summed E-state index contributed by atoms with van der Waals surface area (Å²) in [6.45, 7) is 3.35. The molecular weight excluding hydrogens is 578 g/mol. The van der Waals surface area contributed by atoms with Gasteiger partial charge in [0.05, 0.1) is 32.1 Å². The number of nitriles is 1. The van der Waals surface area contributed by atoms with Gasteiger partial charge in [0.2, 0.25) is 17.4 Å². The van der Waals surface area contributed by atoms with E-state index in [0.29, 0.717) is 18.5 Å². The van der Waals surface area contributed by atoms with E-state index >= 15 is 4.39 Å². The van der Waals surface area contributed by atoms with Gasteiger partial charge in [-0.1, -0.05) is 13.8 Å². The third kappa shape index (κ3) is 5.09. The lowest BCUT2D eigenvalue weighted by Crippen LogP contribution is -2.61. The number of aryl methyl sites for hydroxylation is 1. The molecule has 1 aromatic heterocycles. The largest absolute Gasteiger partial charge is 0.474 e. The third-order valence-electron chi connectivity index (χ3n) is 10.1. The van der Waals surface area contributed by atoms with Gasteiger partial charge in [0, 0.05) is 24.6 Å². The Balaban J connectivity index is 1.52. The van der Waals surface area contributed by atoms with Crippen LogP contribution in [0.2, 0.25) is 0 Å². The molecule has 2 bridgehead atoms. The number of amides is 4. The van der Waals surface area contributed by atoms with E-state index in [9.17, 15) is 28.8 Å². The van der Waals surface area contributed by atoms with Crippen molar-refractivity contribution in [3.8, 4) is 11.8 Å². The van der Waals surface area contributed by atoms with Gasteiger partial charge in [0.25, 0.3) is 5.91 Å². The molecule has 5 rings (SSSR count). The Labute approximate surface area is 254 Å². The van der Waals surface area contributed by atoms with Crippen LogP contribution < -0.4 is 15.8 Å². The molecule has 12 nitrogen and oxygen atoms in total. The molecule has 14 heteroatoms. The summed E-state index contributed by atoms with van der Waals surface area (Å²) < 4.78 is 40.2. The molecule has 4 amide bonds. The number of halogens is 2. The second-order valence-electron chi connectivity index (χ2n) is 13.1. The summed E-state index contributed by atoms with van der Waals surface area (Å²) in [4.78, 5) is 60.5. The van der Waals surface area contributed by atoms with Gasteiger partial charge in [-0.25, -0.2) is 9.18 Å². The van der Waals surface area contributed by atoms with E-state index in [4.69, 9.17) is 10.5 Å². The summed E-state index contributed by atoms with van der Waals surface area (Å²) in [5.74, 6) is -3.29. The fourth-order valence-electron chi connectivity index (χ4n) is 7.74. The highest BCUT2D eigenvalue weighted by Gasteiger charge is 2.65. The van der Waals surface area contributed by atoms with Crippen LogP contribution in [0.3, 0.4) is 0 Å². The van der Waals surface area contributed by atoms with Crippen LogP contribution in [0.4, 0.5) is 13.6 Å². The SMILES string of the molecule is COC(=O)NC(C(=O)N1CC2[C@H]3C[C@@H]([C@@H]2[C@H]1C(=O)N1C[C@@](Oc2cccnc2C)(C(N)=O)C[C@H]1C#N)[C@H](F)C3)C(C)(C)CF. The molecule has 1 aromatic rings. The number of likely N-dealkylation sites (tertiary alicyclic amines) is 2. The zero-order chi connectivity index (χ0) is 32.1. The summed E-state index contributed by atoms with van der Waals surface area (Å²) >= 11 is 0. The summed E-state index contributed by atoms with van der Waals surface area (Å²) in [6.07, 6.45) is 0.0936. The van der Waals surface area contributed by atoms with Crippen LogP contribution >= 0.6 is 0 Å². The molecule has 3 heterocycles. The number of hydrogen-bond acceptors (Lipinski definition) is 8. The summed E-state index contributed by atoms with van der Waals surface area (Å²) in [5, 5.41) is 12.5. The minimum Gasteiger partial charge on any atom is -0.474 e. The predicted octanol–water partition coefficient (Wildman–Crippen LogP) is 1.66. The van der Waals surface area contributed by atoms with E-state index in [1.54, 1.807) is 25.3 Å². The molecule has 3 N–H and O–H groups in total. The van der Waals surface area contributed by atoms with Crippen molar-refractivity contribution in [2.24, 2.45) is 34.8 Å². The lowest BCUT2D eigenvalue weighted by molar-refractivity contribution is -0.149. The number of rotatable bonds is 8. The molecule has 44 heavy (non-hydrogen) atoms. The average molecular weight is 617 g/mol. The topological polar surface area (TPSA) is 168 Å². The number of alkyl halides is 2. The van der Waals surface area contributed by atoms with Gasteiger partial charge in [-0.15, -0.1) is 0 Å². The van der Waals surface area contributed by atoms with E-state index in [1.807, 2.05) is 0 Å². The van der Waals surface area contributed by atoms with Gasteiger partial charge in [-0.05, 0) is 55.6 Å². The first-order valence-electron chi connectivity index (χ1n) is 14.7. The van der Waals surface area contributed by atoms with Gasteiger partial charge >= 0.3 is 6.09 Å². The Morgan fingerprint density at radius 1 is 1.27 bits per heavy atom. The number of methoxy groups -OCH3 is 1. The van der Waals surface area contributed by atoms with Crippen molar-refractivity contribution in [1.29, 1.82) is 5.26 Å². The minimum atomic E-state index is -1.76. The molecular formula is C30H38F2N6O6. The Bertz CT molecular complexity index is 1390. The van der Waals surface area contributed by atoms with Crippen molar-refractivity contribution in [2.75, 3.05) is 26.9 Å². The van der Waals surface area contributed by atoms with Crippen molar-refractivity contribution in [3.63, 3.8) is 0 Å². The predicted molar refractivity (Wildman–Crippen MR) is 150 cm³/mol. The first kappa shape index (κ1) is 31.4. The van der Waals surface area contributed by atoms with Crippen molar-refractivity contribution >= 4 is 23.8 Å². The second-order valence-corrected chi connectivity index (χ2v) is 13.1. The van der Waals surface area contributed by atoms with Crippen LogP contribution in [-0.2, 0) is 19.1 Å². The molecule has 2 aliphatic carbocycles. The quantitative estimate of drug-likeness (QED) is 0.445. The van der Waals surface area contributed by atoms with E-state index < -0.39 is 77.6 Å². The zero-order valence-electron chi connectivity index (χ0n) is 25.2. The Hall–Kier alpha value is -4.02. The normalized spacial score (nSPS) is 33.0. The van der Waals surface area contributed by atoms with E-state index in [-0.39, 0.29) is 37.1 Å². The van der Waals surface area contributed by atoms with Crippen LogP contribution in [-0.4, -0.2) is 95.4 Å². The molecule has 238 valence electrons. The highest BCUT2D eigenvalue weighted by molar-refractivity contribution is 5.94. The summed E-state index contributed by atoms with van der Waals surface area (Å²) in [7, 11) is 1.11. The van der Waals surface area contributed by atoms with E-state index in [0.717, 1.165) is 7.11 Å². The average Bonchev–Trinajstić information content (AvgIpc) is 3.75. The maximum Gasteiger partial charge on any atom is 0.407 e. The van der Waals surface area contributed by atoms with Gasteiger partial charge < -0.3 is 30.3 Å². The highest BCUT2D eigenvalue weighted by Crippen LogP contribution is 2.59. The molecule has 9 atom stereocenters. The van der Waals surface area contributed by atoms with Crippen LogP contribution in [0.25, 0.3) is 0 Å². The van der Waals surface area contributed by atoms with Crippen molar-refractivity contribution in [2.45, 2.75) is 69.9 Å². The van der Waals surface area contributed by atoms with Crippen LogP contribution in [0.5, 0.6) is 5.75 Å². The number of aromatic nitrogens is 1. The Kier molecular flexibility index (Phi) is 8.20. The number of hydrogen-bond donors (Lipinski definition) is 2. The number of nitrogens with one attached hydrogen (secondary N) is 1. The lowest BCUT2D eigenvalue weighted by atomic mass is 9.77. The minimum absolute atomic E-state index is 0.0544. The molecule has 0 radical (unpaired) electrons. The van der Waals surface area contributed by atoms with Crippen LogP contribution in [0.1, 0.15) is 38.8 Å². The summed E-state index contributed by atoms with van der Waals surface area (Å²) in [6, 6.07) is 1.51. The number of primary amides is 1. The molecule has 0 aromatic carbocycles. The number of pyridine rings is 1. The second kappa shape index (κ2) is 11.5. The number of carbonyl (C=O) groups is 4. The van der Waals surface area contributed by atoms with Crippen molar-refractivity contribution in [1.82, 2.24) is 20.1 Å². The van der Waals surface area contributed by atoms with Gasteiger partial charge in [0.15, 0.2) is 0 Å². The molecule has 2 aliphatic heterocycles. The highest BCUT2D eigenvalue weighted by atomic mass is 19.1. The van der Waals surface area contributed by atoms with Gasteiger partial charge in [-0.2, -0.15) is 5.26 Å². The van der Waals surface area contributed by atoms with Crippen LogP contribution in [0, 0.1) is 47.3 Å². The molecule has 4 aliphatic rings. The standard InChI is InChI=1S/C30H38F2N6O6/c1-15-21(6-5-7-35-15)44-30(27(34)41)10-17(11-33)38(14-30)25(39)23-22-18-8-16(9-20(18)32)19(22)12-37(23)26(40)24(29(2,3)13-31)36-28(42)43-4/h5-7,16-20,22-24H,8-10,12-14H2,1-4H3,(H2,34,41)(H,36,42)/t16-,17-,18+,19?,20+,22-,23-,24?,30+/m0/s1. The van der Waals surface area contributed by atoms with E-state index in [2.05, 4.69) is 21.1 Å². The van der Waals surface area contributed by atoms with Gasteiger partial charge in [0.1, 0.15) is 30.0 Å². The number of alkyl carbamates (subject to hydrolysis) is 1. The maximum atomic E-state index is 15.2. The first-order valence-corrected chi connectivity index (χ1v) is 14.7. The number of ether oxygens (including phenoxy) is 2. The van der Waals surface area contributed by atoms with Crippen molar-refractivity contribution in [3.05, 3.63) is 24.0 Å². The zero-order valence-corrected chi connectivity index (χ0v) is 25.2. The number of nitrogens with two attached hydrogens (primary N) is 1. The first-order chi connectivity index (χ1) is 20.8. The third-order valence-corrected chi connectivity index (χ3v) is 10.1. The smallest absolute Gasteiger partial charge is 0.407 e. The monoisotopic (exact) mass is 616 g/mol. The lowest BCUT2D eigenvalue weighted by Gasteiger charge is -2.38. The number of fused-ring (bicyclic) bond motifs is 5. The Morgan fingerprint density at radius 2 is 2.00 bits per heavy atom. The molecule has 2 unspecified atom stereocenters. The molecule has 2 saturated carbocycles. The fraction of sp³-hybridized carbons (Fsp3) is 0.667. The number of nitrogens with zero attached hydrogens (tertiary/aromatic N) is 4. The number of carbonyl (C=O) groups excluding carboxylic acids is 4. The Morgan fingerprint density at radius 3 is 2.61 bits per heavy atom. The molecule has 4 fully saturated rings. The van der Waals surface area contributed by atoms with Crippen molar-refractivity contribution < 1.29 is 37.4 Å². The summed E-state index contributed by atoms with van der Waals surface area (Å²) in [5.41, 5.74) is 3.15. The molecule has 2 saturated heterocycles. The van der Waals surface area contributed by atoms with E-state index in [1.165, 1.54) is 23.6 Å². The molecule has 0 spiro atoms. The van der Waals surface area contributed by atoms with Crippen LogP contribution in [0.15, 0.2) is 18.3 Å². The fourth-order valence-corrected chi connectivity index (χ4v) is 7.74. The van der Waals surface area contributed by atoms with Gasteiger partial charge in [-0.3, -0.25) is 23.8 Å².